The third kappa shape index (κ3) is 5.13. The molecule has 0 spiro atoms. The van der Waals surface area contributed by atoms with Crippen molar-refractivity contribution < 1.29 is 0 Å². The highest BCUT2D eigenvalue weighted by Crippen LogP contribution is 2.42. The van der Waals surface area contributed by atoms with E-state index in [0.717, 1.165) is 24.8 Å². The van der Waals surface area contributed by atoms with E-state index in [2.05, 4.69) is 37.9 Å². The summed E-state index contributed by atoms with van der Waals surface area (Å²) in [5.41, 5.74) is 0.529. The maximum Gasteiger partial charge on any atom is 0.0120 e. The molecule has 0 aromatic rings. The molecule has 1 aliphatic carbocycles. The Balaban J connectivity index is 2.50. The van der Waals surface area contributed by atoms with Crippen molar-refractivity contribution >= 4 is 0 Å². The van der Waals surface area contributed by atoms with Gasteiger partial charge in [-0.3, -0.25) is 0 Å². The minimum absolute atomic E-state index is 0.529. The Labute approximate surface area is 108 Å². The first-order valence-corrected chi connectivity index (χ1v) is 7.19. The molecule has 1 fully saturated rings. The lowest BCUT2D eigenvalue weighted by Gasteiger charge is -2.40. The highest BCUT2D eigenvalue weighted by atomic mass is 14.9. The SMILES string of the molecule is CC#CCC1CC(C)(C)CCC1CNCCC. The number of rotatable bonds is 5. The summed E-state index contributed by atoms with van der Waals surface area (Å²) in [5, 5.41) is 3.59. The van der Waals surface area contributed by atoms with Gasteiger partial charge in [0, 0.05) is 6.42 Å². The van der Waals surface area contributed by atoms with Gasteiger partial charge in [0.2, 0.25) is 0 Å². The summed E-state index contributed by atoms with van der Waals surface area (Å²) in [4.78, 5) is 0. The van der Waals surface area contributed by atoms with Crippen molar-refractivity contribution in [1.82, 2.24) is 5.32 Å². The molecule has 0 radical (unpaired) electrons. The van der Waals surface area contributed by atoms with Crippen molar-refractivity contribution in [2.45, 2.75) is 59.8 Å². The highest BCUT2D eigenvalue weighted by molar-refractivity contribution is 4.99. The predicted octanol–water partition coefficient (Wildman–Crippen LogP) is 3.84. The summed E-state index contributed by atoms with van der Waals surface area (Å²) in [6, 6.07) is 0. The molecule has 0 aromatic heterocycles. The Morgan fingerprint density at radius 2 is 2.06 bits per heavy atom. The predicted molar refractivity (Wildman–Crippen MR) is 75.8 cm³/mol. The largest absolute Gasteiger partial charge is 0.316 e. The zero-order valence-electron chi connectivity index (χ0n) is 12.1. The first-order valence-electron chi connectivity index (χ1n) is 7.19. The highest BCUT2D eigenvalue weighted by Gasteiger charge is 2.33. The van der Waals surface area contributed by atoms with E-state index in [4.69, 9.17) is 0 Å². The lowest BCUT2D eigenvalue weighted by Crippen LogP contribution is -2.36. The fraction of sp³-hybridized carbons (Fsp3) is 0.875. The van der Waals surface area contributed by atoms with Gasteiger partial charge in [0.15, 0.2) is 0 Å². The summed E-state index contributed by atoms with van der Waals surface area (Å²) >= 11 is 0. The maximum atomic E-state index is 3.59. The Kier molecular flexibility index (Phi) is 6.06. The topological polar surface area (TPSA) is 12.0 Å². The summed E-state index contributed by atoms with van der Waals surface area (Å²) in [6.07, 6.45) is 6.43. The maximum absolute atomic E-state index is 3.59. The molecule has 2 atom stereocenters. The van der Waals surface area contributed by atoms with E-state index in [1.807, 2.05) is 6.92 Å². The van der Waals surface area contributed by atoms with Gasteiger partial charge in [0.25, 0.3) is 0 Å². The lowest BCUT2D eigenvalue weighted by atomic mass is 9.66. The van der Waals surface area contributed by atoms with Crippen LogP contribution in [-0.4, -0.2) is 13.1 Å². The van der Waals surface area contributed by atoms with Crippen LogP contribution in [0.4, 0.5) is 0 Å². The summed E-state index contributed by atoms with van der Waals surface area (Å²) in [5.74, 6) is 8.00. The van der Waals surface area contributed by atoms with Gasteiger partial charge in [-0.25, -0.2) is 0 Å². The van der Waals surface area contributed by atoms with Crippen LogP contribution in [0.3, 0.4) is 0 Å². The average molecular weight is 235 g/mol. The van der Waals surface area contributed by atoms with Gasteiger partial charge in [0.05, 0.1) is 0 Å². The monoisotopic (exact) mass is 235 g/mol. The molecule has 98 valence electrons. The van der Waals surface area contributed by atoms with Crippen molar-refractivity contribution in [1.29, 1.82) is 0 Å². The molecule has 1 N–H and O–H groups in total. The molecular weight excluding hydrogens is 206 g/mol. The molecule has 0 bridgehead atoms. The third-order valence-corrected chi connectivity index (χ3v) is 4.05. The van der Waals surface area contributed by atoms with Crippen LogP contribution in [0.15, 0.2) is 0 Å². The molecule has 0 heterocycles. The summed E-state index contributed by atoms with van der Waals surface area (Å²) in [7, 11) is 0. The zero-order valence-corrected chi connectivity index (χ0v) is 12.1. The normalized spacial score (nSPS) is 27.3. The molecule has 0 aromatic carbocycles. The quantitative estimate of drug-likeness (QED) is 0.564. The first-order chi connectivity index (χ1) is 8.09. The molecule has 1 nitrogen and oxygen atoms in total. The van der Waals surface area contributed by atoms with Crippen LogP contribution in [0, 0.1) is 29.1 Å². The summed E-state index contributed by atoms with van der Waals surface area (Å²) in [6.45, 7) is 11.4. The van der Waals surface area contributed by atoms with Gasteiger partial charge in [-0.05, 0) is 62.9 Å². The first kappa shape index (κ1) is 14.6. The fourth-order valence-electron chi connectivity index (χ4n) is 3.00. The van der Waals surface area contributed by atoms with Crippen LogP contribution in [-0.2, 0) is 0 Å². The van der Waals surface area contributed by atoms with E-state index in [9.17, 15) is 0 Å². The van der Waals surface area contributed by atoms with Gasteiger partial charge >= 0.3 is 0 Å². The second kappa shape index (κ2) is 7.07. The average Bonchev–Trinajstić information content (AvgIpc) is 2.28. The molecular formula is C16H29N. The smallest absolute Gasteiger partial charge is 0.0120 e. The van der Waals surface area contributed by atoms with E-state index in [1.165, 1.54) is 32.2 Å². The van der Waals surface area contributed by atoms with E-state index in [1.54, 1.807) is 0 Å². The van der Waals surface area contributed by atoms with Crippen molar-refractivity contribution in [2.24, 2.45) is 17.3 Å². The van der Waals surface area contributed by atoms with Crippen molar-refractivity contribution in [3.63, 3.8) is 0 Å². The van der Waals surface area contributed by atoms with Gasteiger partial charge < -0.3 is 5.32 Å². The van der Waals surface area contributed by atoms with E-state index >= 15 is 0 Å². The van der Waals surface area contributed by atoms with Crippen LogP contribution in [0.2, 0.25) is 0 Å². The zero-order chi connectivity index (χ0) is 12.7. The molecule has 1 rings (SSSR count). The molecule has 0 amide bonds. The van der Waals surface area contributed by atoms with Gasteiger partial charge in [-0.2, -0.15) is 0 Å². The van der Waals surface area contributed by atoms with Crippen molar-refractivity contribution in [3.8, 4) is 11.8 Å². The summed E-state index contributed by atoms with van der Waals surface area (Å²) < 4.78 is 0. The van der Waals surface area contributed by atoms with E-state index in [-0.39, 0.29) is 0 Å². The van der Waals surface area contributed by atoms with Gasteiger partial charge in [0.1, 0.15) is 0 Å². The van der Waals surface area contributed by atoms with Crippen molar-refractivity contribution in [2.75, 3.05) is 13.1 Å². The lowest BCUT2D eigenvalue weighted by molar-refractivity contribution is 0.119. The van der Waals surface area contributed by atoms with Crippen LogP contribution in [0.25, 0.3) is 0 Å². The molecule has 17 heavy (non-hydrogen) atoms. The fourth-order valence-corrected chi connectivity index (χ4v) is 3.00. The van der Waals surface area contributed by atoms with Crippen LogP contribution >= 0.6 is 0 Å². The number of hydrogen-bond donors (Lipinski definition) is 1. The second-order valence-electron chi connectivity index (χ2n) is 6.26. The standard InChI is InChI=1S/C16H29N/c1-5-7-8-14-12-16(3,4)10-9-15(14)13-17-11-6-2/h14-15,17H,6,8-13H2,1-4H3. The minimum atomic E-state index is 0.529. The Morgan fingerprint density at radius 1 is 1.29 bits per heavy atom. The Hall–Kier alpha value is -0.480. The second-order valence-corrected chi connectivity index (χ2v) is 6.26. The van der Waals surface area contributed by atoms with E-state index in [0.29, 0.717) is 5.41 Å². The number of nitrogens with one attached hydrogen (secondary N) is 1. The van der Waals surface area contributed by atoms with Crippen LogP contribution < -0.4 is 5.32 Å². The minimum Gasteiger partial charge on any atom is -0.316 e. The van der Waals surface area contributed by atoms with Crippen LogP contribution in [0.1, 0.15) is 59.8 Å². The Morgan fingerprint density at radius 3 is 2.71 bits per heavy atom. The van der Waals surface area contributed by atoms with Gasteiger partial charge in [-0.1, -0.05) is 20.8 Å². The molecule has 0 aliphatic heterocycles. The third-order valence-electron chi connectivity index (χ3n) is 4.05. The molecule has 1 aliphatic rings. The molecule has 2 unspecified atom stereocenters. The molecule has 1 saturated carbocycles. The number of hydrogen-bond acceptors (Lipinski definition) is 1. The molecule has 0 saturated heterocycles. The van der Waals surface area contributed by atoms with Gasteiger partial charge in [-0.15, -0.1) is 11.8 Å². The van der Waals surface area contributed by atoms with Crippen LogP contribution in [0.5, 0.6) is 0 Å². The molecule has 1 heteroatoms. The van der Waals surface area contributed by atoms with E-state index < -0.39 is 0 Å². The Bertz CT molecular complexity index is 269. The van der Waals surface area contributed by atoms with Crippen molar-refractivity contribution in [3.05, 3.63) is 0 Å².